The van der Waals surface area contributed by atoms with E-state index in [-0.39, 0.29) is 17.4 Å². The van der Waals surface area contributed by atoms with Crippen molar-refractivity contribution in [3.63, 3.8) is 0 Å². The molecule has 0 radical (unpaired) electrons. The minimum atomic E-state index is -0.0140. The summed E-state index contributed by atoms with van der Waals surface area (Å²) in [6.45, 7) is 0.975. The number of nitrogens with zero attached hydrogens (tertiary/aromatic N) is 2. The number of carbonyl (C=O) groups excluding carboxylic acids is 1. The van der Waals surface area contributed by atoms with Crippen molar-refractivity contribution in [3.05, 3.63) is 47.0 Å². The highest BCUT2D eigenvalue weighted by Crippen LogP contribution is 2.17. The Bertz CT molecular complexity index is 770. The lowest BCUT2D eigenvalue weighted by Crippen LogP contribution is -2.35. The lowest BCUT2D eigenvalue weighted by Gasteiger charge is -2.17. The molecule has 0 saturated carbocycles. The number of amides is 1. The Morgan fingerprint density at radius 2 is 2.14 bits per heavy atom. The number of aromatic nitrogens is 2. The maximum absolute atomic E-state index is 12.4. The normalized spacial score (nSPS) is 17.8. The molecule has 1 aliphatic rings. The monoisotopic (exact) mass is 299 g/mol. The topological polar surface area (TPSA) is 56.0 Å². The third kappa shape index (κ3) is 2.84. The van der Waals surface area contributed by atoms with Crippen LogP contribution in [-0.4, -0.2) is 21.6 Å². The molecule has 5 heteroatoms. The quantitative estimate of drug-likeness (QED) is 0.875. The molecule has 22 heavy (non-hydrogen) atoms. The number of hydrogen-bond acceptors (Lipinski definition) is 2. The highest BCUT2D eigenvalue weighted by Gasteiger charge is 2.18. The molecule has 2 aromatic rings. The van der Waals surface area contributed by atoms with Crippen LogP contribution < -0.4 is 10.9 Å². The van der Waals surface area contributed by atoms with Crippen LogP contribution in [-0.2, 0) is 18.4 Å². The van der Waals surface area contributed by atoms with Gasteiger partial charge in [-0.2, -0.15) is 0 Å². The van der Waals surface area contributed by atoms with Crippen molar-refractivity contribution in [1.82, 2.24) is 14.5 Å². The lowest BCUT2D eigenvalue weighted by atomic mass is 9.94. The summed E-state index contributed by atoms with van der Waals surface area (Å²) in [7, 11) is 1.87. The first-order valence-electron chi connectivity index (χ1n) is 7.74. The molecule has 0 unspecified atom stereocenters. The van der Waals surface area contributed by atoms with E-state index in [1.807, 2.05) is 29.9 Å². The molecule has 5 nitrogen and oxygen atoms in total. The second-order valence-electron chi connectivity index (χ2n) is 5.82. The minimum Gasteiger partial charge on any atom is -0.354 e. The molecule has 1 N–H and O–H groups in total. The first-order chi connectivity index (χ1) is 10.7. The van der Waals surface area contributed by atoms with E-state index < -0.39 is 0 Å². The molecule has 0 bridgehead atoms. The van der Waals surface area contributed by atoms with Crippen molar-refractivity contribution in [2.45, 2.75) is 25.8 Å². The summed E-state index contributed by atoms with van der Waals surface area (Å²) in [5.41, 5.74) is 0.686. The molecule has 1 atom stereocenters. The first-order valence-corrected chi connectivity index (χ1v) is 7.74. The zero-order valence-electron chi connectivity index (χ0n) is 12.8. The zero-order chi connectivity index (χ0) is 15.5. The Kier molecular flexibility index (Phi) is 4.13. The first kappa shape index (κ1) is 14.6. The van der Waals surface area contributed by atoms with Gasteiger partial charge in [0.05, 0.1) is 0 Å². The molecular weight excluding hydrogens is 278 g/mol. The van der Waals surface area contributed by atoms with Crippen molar-refractivity contribution in [3.8, 4) is 0 Å². The fourth-order valence-corrected chi connectivity index (χ4v) is 2.98. The molecule has 0 spiro atoms. The summed E-state index contributed by atoms with van der Waals surface area (Å²) in [4.78, 5) is 24.5. The maximum atomic E-state index is 12.4. The van der Waals surface area contributed by atoms with E-state index in [0.29, 0.717) is 18.6 Å². The number of carbonyl (C=O) groups is 1. The minimum absolute atomic E-state index is 0.0140. The van der Waals surface area contributed by atoms with Crippen molar-refractivity contribution in [2.75, 3.05) is 6.54 Å². The zero-order valence-corrected chi connectivity index (χ0v) is 12.8. The van der Waals surface area contributed by atoms with Gasteiger partial charge in [0, 0.05) is 43.8 Å². The van der Waals surface area contributed by atoms with Crippen LogP contribution in [0.5, 0.6) is 0 Å². The molecule has 1 amide bonds. The molecule has 3 rings (SSSR count). The Balaban J connectivity index is 1.63. The molecule has 0 aromatic carbocycles. The summed E-state index contributed by atoms with van der Waals surface area (Å²) < 4.78 is 3.49. The standard InChI is InChI=1S/C17H21N3O2/c1-19-10-7-13-8-11-20(17(22)15(13)19)12-9-18-16(21)14-5-3-2-4-6-14/h2-3,7-8,10-11,14H,4-6,9,12H2,1H3,(H,18,21)/t14-/m1/s1. The van der Waals surface area contributed by atoms with Crippen molar-refractivity contribution >= 4 is 16.8 Å². The number of rotatable bonds is 4. The SMILES string of the molecule is Cn1ccc2ccn(CCNC(=O)[C@@H]3CC=CCC3)c(=O)c21. The summed E-state index contributed by atoms with van der Waals surface area (Å²) in [5, 5.41) is 3.89. The number of aryl methyl sites for hydroxylation is 1. The van der Waals surface area contributed by atoms with Crippen molar-refractivity contribution in [1.29, 1.82) is 0 Å². The number of allylic oxidation sites excluding steroid dienone is 2. The fourth-order valence-electron chi connectivity index (χ4n) is 2.98. The van der Waals surface area contributed by atoms with Crippen molar-refractivity contribution in [2.24, 2.45) is 13.0 Å². The van der Waals surface area contributed by atoms with Gasteiger partial charge in [-0.15, -0.1) is 0 Å². The van der Waals surface area contributed by atoms with E-state index >= 15 is 0 Å². The smallest absolute Gasteiger partial charge is 0.275 e. The van der Waals surface area contributed by atoms with Crippen LogP contribution in [0.25, 0.3) is 10.9 Å². The third-order valence-electron chi connectivity index (χ3n) is 4.29. The van der Waals surface area contributed by atoms with E-state index in [1.165, 1.54) is 0 Å². The van der Waals surface area contributed by atoms with Gasteiger partial charge in [-0.3, -0.25) is 9.59 Å². The number of nitrogens with one attached hydrogen (secondary N) is 1. The van der Waals surface area contributed by atoms with Crippen LogP contribution in [0.3, 0.4) is 0 Å². The summed E-state index contributed by atoms with van der Waals surface area (Å²) in [6, 6.07) is 3.87. The second kappa shape index (κ2) is 6.22. The van der Waals surface area contributed by atoms with Gasteiger partial charge < -0.3 is 14.5 Å². The van der Waals surface area contributed by atoms with Crippen molar-refractivity contribution < 1.29 is 4.79 Å². The molecule has 2 aromatic heterocycles. The van der Waals surface area contributed by atoms with Gasteiger partial charge in [0.15, 0.2) is 0 Å². The molecule has 1 aliphatic carbocycles. The van der Waals surface area contributed by atoms with Crippen LogP contribution in [0.15, 0.2) is 41.5 Å². The van der Waals surface area contributed by atoms with E-state index in [9.17, 15) is 9.59 Å². The lowest BCUT2D eigenvalue weighted by molar-refractivity contribution is -0.125. The largest absolute Gasteiger partial charge is 0.354 e. The molecular formula is C17H21N3O2. The fraction of sp³-hybridized carbons (Fsp3) is 0.412. The van der Waals surface area contributed by atoms with Crippen LogP contribution in [0.2, 0.25) is 0 Å². The molecule has 0 aliphatic heterocycles. The van der Waals surface area contributed by atoms with Gasteiger partial charge in [0.2, 0.25) is 5.91 Å². The highest BCUT2D eigenvalue weighted by atomic mass is 16.2. The Morgan fingerprint density at radius 1 is 1.32 bits per heavy atom. The van der Waals surface area contributed by atoms with Gasteiger partial charge >= 0.3 is 0 Å². The summed E-state index contributed by atoms with van der Waals surface area (Å²) in [5.74, 6) is 0.175. The number of hydrogen-bond donors (Lipinski definition) is 1. The Labute approximate surface area is 129 Å². The van der Waals surface area contributed by atoms with E-state index in [0.717, 1.165) is 24.6 Å². The molecule has 2 heterocycles. The summed E-state index contributed by atoms with van der Waals surface area (Å²) >= 11 is 0. The Hall–Kier alpha value is -2.30. The molecule has 0 fully saturated rings. The van der Waals surface area contributed by atoms with Crippen LogP contribution in [0.4, 0.5) is 0 Å². The van der Waals surface area contributed by atoms with Gasteiger partial charge in [0.25, 0.3) is 5.56 Å². The second-order valence-corrected chi connectivity index (χ2v) is 5.82. The van der Waals surface area contributed by atoms with E-state index in [4.69, 9.17) is 0 Å². The Morgan fingerprint density at radius 3 is 2.91 bits per heavy atom. The van der Waals surface area contributed by atoms with E-state index in [2.05, 4.69) is 17.5 Å². The van der Waals surface area contributed by atoms with Gasteiger partial charge in [-0.25, -0.2) is 0 Å². The average molecular weight is 299 g/mol. The van der Waals surface area contributed by atoms with Gasteiger partial charge in [-0.05, 0) is 31.4 Å². The van der Waals surface area contributed by atoms with Crippen LogP contribution in [0.1, 0.15) is 19.3 Å². The van der Waals surface area contributed by atoms with Gasteiger partial charge in [-0.1, -0.05) is 12.2 Å². The average Bonchev–Trinajstić information content (AvgIpc) is 2.92. The molecule has 0 saturated heterocycles. The number of fused-ring (bicyclic) bond motifs is 1. The van der Waals surface area contributed by atoms with Gasteiger partial charge in [0.1, 0.15) is 5.52 Å². The summed E-state index contributed by atoms with van der Waals surface area (Å²) in [6.07, 6.45) is 10.6. The number of pyridine rings is 1. The highest BCUT2D eigenvalue weighted by molar-refractivity contribution is 5.79. The maximum Gasteiger partial charge on any atom is 0.275 e. The third-order valence-corrected chi connectivity index (χ3v) is 4.29. The molecule has 116 valence electrons. The predicted molar refractivity (Wildman–Crippen MR) is 86.7 cm³/mol. The van der Waals surface area contributed by atoms with Crippen LogP contribution >= 0.6 is 0 Å². The predicted octanol–water partition coefficient (Wildman–Crippen LogP) is 1.81. The van der Waals surface area contributed by atoms with E-state index in [1.54, 1.807) is 10.8 Å². The van der Waals surface area contributed by atoms with Crippen LogP contribution in [0, 0.1) is 5.92 Å².